The van der Waals surface area contributed by atoms with Crippen LogP contribution >= 0.6 is 31.9 Å². The van der Waals surface area contributed by atoms with Crippen molar-refractivity contribution in [1.29, 1.82) is 0 Å². The summed E-state index contributed by atoms with van der Waals surface area (Å²) in [6, 6.07) is 5.97. The van der Waals surface area contributed by atoms with Gasteiger partial charge in [-0.25, -0.2) is 0 Å². The van der Waals surface area contributed by atoms with Crippen molar-refractivity contribution >= 4 is 54.9 Å². The third-order valence-electron chi connectivity index (χ3n) is 2.65. The molecule has 0 spiro atoms. The van der Waals surface area contributed by atoms with E-state index in [4.69, 9.17) is 4.42 Å². The van der Waals surface area contributed by atoms with Gasteiger partial charge >= 0.3 is 6.01 Å². The Bertz CT molecular complexity index is 596. The molecule has 0 aliphatic carbocycles. The fraction of sp³-hybridized carbons (Fsp3) is 0.273. The highest BCUT2D eigenvalue weighted by atomic mass is 79.9. The van der Waals surface area contributed by atoms with Gasteiger partial charge in [-0.2, -0.15) is 4.98 Å². The zero-order chi connectivity index (χ0) is 12.0. The minimum Gasteiger partial charge on any atom is -0.423 e. The summed E-state index contributed by atoms with van der Waals surface area (Å²) >= 11 is 6.81. The molecule has 1 saturated heterocycles. The number of alkyl halides is 1. The van der Waals surface area contributed by atoms with E-state index >= 15 is 0 Å². The first-order chi connectivity index (χ1) is 8.13. The van der Waals surface area contributed by atoms with Gasteiger partial charge in [-0.1, -0.05) is 31.9 Å². The molecule has 0 bridgehead atoms. The topological polar surface area (TPSA) is 46.3 Å². The Morgan fingerprint density at radius 1 is 1.47 bits per heavy atom. The summed E-state index contributed by atoms with van der Waals surface area (Å²) in [7, 11) is 0. The Balaban J connectivity index is 2.03. The minimum absolute atomic E-state index is 0.0393. The lowest BCUT2D eigenvalue weighted by Crippen LogP contribution is -2.24. The highest BCUT2D eigenvalue weighted by Crippen LogP contribution is 2.28. The standard InChI is InChI=1S/C11H8Br2N2O2/c12-6-1-2-9-8(3-6)14-11(17-9)15-5-7(13)4-10(15)16/h1-3,7H,4-5H2. The number of hydrogen-bond donors (Lipinski definition) is 0. The van der Waals surface area contributed by atoms with Crippen LogP contribution in [0.4, 0.5) is 6.01 Å². The number of rotatable bonds is 1. The molecule has 0 saturated carbocycles. The van der Waals surface area contributed by atoms with Crippen LogP contribution in [0.25, 0.3) is 11.1 Å². The van der Waals surface area contributed by atoms with Gasteiger partial charge in [0.15, 0.2) is 5.58 Å². The molecule has 4 nitrogen and oxygen atoms in total. The van der Waals surface area contributed by atoms with E-state index in [1.165, 1.54) is 0 Å². The molecule has 1 atom stereocenters. The molecule has 1 unspecified atom stereocenters. The number of fused-ring (bicyclic) bond motifs is 1. The fourth-order valence-corrected chi connectivity index (χ4v) is 2.77. The first-order valence-electron chi connectivity index (χ1n) is 5.14. The van der Waals surface area contributed by atoms with Crippen LogP contribution in [-0.2, 0) is 4.79 Å². The van der Waals surface area contributed by atoms with Crippen LogP contribution in [0.5, 0.6) is 0 Å². The molecule has 3 rings (SSSR count). The molecular formula is C11H8Br2N2O2. The van der Waals surface area contributed by atoms with E-state index in [9.17, 15) is 4.79 Å². The van der Waals surface area contributed by atoms with Crippen molar-refractivity contribution < 1.29 is 9.21 Å². The van der Waals surface area contributed by atoms with Crippen LogP contribution in [0.15, 0.2) is 27.1 Å². The summed E-state index contributed by atoms with van der Waals surface area (Å²) in [6.07, 6.45) is 0.489. The molecule has 88 valence electrons. The van der Waals surface area contributed by atoms with Crippen LogP contribution in [0.2, 0.25) is 0 Å². The molecular weight excluding hydrogens is 352 g/mol. The number of benzene rings is 1. The van der Waals surface area contributed by atoms with Crippen molar-refractivity contribution in [2.75, 3.05) is 11.4 Å². The fourth-order valence-electron chi connectivity index (χ4n) is 1.85. The van der Waals surface area contributed by atoms with Crippen molar-refractivity contribution in [2.24, 2.45) is 0 Å². The Hall–Kier alpha value is -0.880. The number of carbonyl (C=O) groups excluding carboxylic acids is 1. The second-order valence-electron chi connectivity index (χ2n) is 3.91. The predicted octanol–water partition coefficient (Wildman–Crippen LogP) is 3.09. The molecule has 6 heteroatoms. The molecule has 1 amide bonds. The second-order valence-corrected chi connectivity index (χ2v) is 6.12. The van der Waals surface area contributed by atoms with Crippen molar-refractivity contribution in [3.05, 3.63) is 22.7 Å². The van der Waals surface area contributed by atoms with E-state index in [0.717, 1.165) is 9.99 Å². The van der Waals surface area contributed by atoms with Crippen molar-refractivity contribution in [1.82, 2.24) is 4.98 Å². The Morgan fingerprint density at radius 2 is 2.29 bits per heavy atom. The zero-order valence-electron chi connectivity index (χ0n) is 8.69. The van der Waals surface area contributed by atoms with Gasteiger partial charge in [0.1, 0.15) is 5.52 Å². The van der Waals surface area contributed by atoms with Crippen molar-refractivity contribution in [3.63, 3.8) is 0 Å². The lowest BCUT2D eigenvalue weighted by atomic mass is 10.3. The van der Waals surface area contributed by atoms with E-state index in [1.807, 2.05) is 18.2 Å². The molecule has 0 N–H and O–H groups in total. The summed E-state index contributed by atoms with van der Waals surface area (Å²) in [4.78, 5) is 17.8. The van der Waals surface area contributed by atoms with Gasteiger partial charge in [0.2, 0.25) is 5.91 Å². The van der Waals surface area contributed by atoms with Crippen LogP contribution in [0, 0.1) is 0 Å². The Labute approximate surface area is 114 Å². The van der Waals surface area contributed by atoms with Gasteiger partial charge in [0.05, 0.1) is 0 Å². The smallest absolute Gasteiger partial charge is 0.305 e. The van der Waals surface area contributed by atoms with E-state index < -0.39 is 0 Å². The van der Waals surface area contributed by atoms with Gasteiger partial charge in [0, 0.05) is 22.3 Å². The monoisotopic (exact) mass is 358 g/mol. The number of nitrogens with zero attached hydrogens (tertiary/aromatic N) is 2. The molecule has 1 aliphatic rings. The van der Waals surface area contributed by atoms with Gasteiger partial charge in [-0.3, -0.25) is 9.69 Å². The molecule has 1 aromatic heterocycles. The van der Waals surface area contributed by atoms with Crippen LogP contribution in [-0.4, -0.2) is 22.3 Å². The highest BCUT2D eigenvalue weighted by Gasteiger charge is 2.31. The van der Waals surface area contributed by atoms with Gasteiger partial charge in [-0.05, 0) is 18.2 Å². The summed E-state index contributed by atoms with van der Waals surface area (Å²) in [6.45, 7) is 0.604. The quantitative estimate of drug-likeness (QED) is 0.735. The molecule has 1 aliphatic heterocycles. The maximum Gasteiger partial charge on any atom is 0.305 e. The van der Waals surface area contributed by atoms with E-state index in [2.05, 4.69) is 36.8 Å². The molecule has 1 aromatic carbocycles. The Morgan fingerprint density at radius 3 is 3.00 bits per heavy atom. The summed E-state index contributed by atoms with van der Waals surface area (Å²) in [5.74, 6) is 0.0393. The summed E-state index contributed by atoms with van der Waals surface area (Å²) in [5.41, 5.74) is 1.44. The van der Waals surface area contributed by atoms with Gasteiger partial charge in [-0.15, -0.1) is 0 Å². The average molecular weight is 360 g/mol. The van der Waals surface area contributed by atoms with Crippen molar-refractivity contribution in [3.8, 4) is 0 Å². The number of carbonyl (C=O) groups is 1. The molecule has 2 heterocycles. The van der Waals surface area contributed by atoms with Crippen molar-refractivity contribution in [2.45, 2.75) is 11.2 Å². The predicted molar refractivity (Wildman–Crippen MR) is 71.4 cm³/mol. The van der Waals surface area contributed by atoms with E-state index in [0.29, 0.717) is 24.6 Å². The lowest BCUT2D eigenvalue weighted by molar-refractivity contribution is -0.117. The lowest BCUT2D eigenvalue weighted by Gasteiger charge is -2.08. The van der Waals surface area contributed by atoms with Crippen LogP contribution < -0.4 is 4.90 Å². The maximum absolute atomic E-state index is 11.7. The molecule has 1 fully saturated rings. The summed E-state index contributed by atoms with van der Waals surface area (Å²) in [5, 5.41) is 0. The minimum atomic E-state index is 0.0393. The molecule has 0 radical (unpaired) electrons. The number of hydrogen-bond acceptors (Lipinski definition) is 3. The highest BCUT2D eigenvalue weighted by molar-refractivity contribution is 9.10. The van der Waals surface area contributed by atoms with Crippen LogP contribution in [0.3, 0.4) is 0 Å². The van der Waals surface area contributed by atoms with Gasteiger partial charge < -0.3 is 4.42 Å². The van der Waals surface area contributed by atoms with Crippen LogP contribution in [0.1, 0.15) is 6.42 Å². The number of aromatic nitrogens is 1. The number of amides is 1. The number of oxazole rings is 1. The molecule has 17 heavy (non-hydrogen) atoms. The third-order valence-corrected chi connectivity index (χ3v) is 3.75. The third kappa shape index (κ3) is 1.99. The largest absolute Gasteiger partial charge is 0.423 e. The Kier molecular flexibility index (Phi) is 2.71. The first-order valence-corrected chi connectivity index (χ1v) is 6.85. The maximum atomic E-state index is 11.7. The SMILES string of the molecule is O=C1CC(Br)CN1c1nc2cc(Br)ccc2o1. The number of halogens is 2. The zero-order valence-corrected chi connectivity index (χ0v) is 11.9. The van der Waals surface area contributed by atoms with E-state index in [1.54, 1.807) is 4.90 Å². The normalized spacial score (nSPS) is 20.5. The van der Waals surface area contributed by atoms with Gasteiger partial charge in [0.25, 0.3) is 0 Å². The molecule has 2 aromatic rings. The second kappa shape index (κ2) is 4.10. The summed E-state index contributed by atoms with van der Waals surface area (Å²) < 4.78 is 6.52. The van der Waals surface area contributed by atoms with E-state index in [-0.39, 0.29) is 10.7 Å². The number of anilines is 1. The average Bonchev–Trinajstić information content (AvgIpc) is 2.80. The first kappa shape index (κ1) is 11.2.